The molecule has 4 aliphatic carbocycles. The van der Waals surface area contributed by atoms with Crippen molar-refractivity contribution in [2.24, 2.45) is 23.2 Å². The largest absolute Gasteiger partial charge is 0.366 e. The van der Waals surface area contributed by atoms with Gasteiger partial charge in [0.2, 0.25) is 5.88 Å². The number of halogens is 1. The van der Waals surface area contributed by atoms with E-state index in [4.69, 9.17) is 21.9 Å². The Morgan fingerprint density at radius 3 is 2.17 bits per heavy atom. The van der Waals surface area contributed by atoms with Gasteiger partial charge >= 0.3 is 0 Å². The van der Waals surface area contributed by atoms with Gasteiger partial charge in [-0.15, -0.1) is 0 Å². The SMILES string of the molecule is Nc1onc(CC23CC4CC(CC(C4)C2)C3)c1Cl. The minimum atomic E-state index is 0.274. The third kappa shape index (κ3) is 1.59. The summed E-state index contributed by atoms with van der Waals surface area (Å²) in [6.07, 6.45) is 9.46. The third-order valence-corrected chi connectivity index (χ3v) is 5.84. The topological polar surface area (TPSA) is 52.0 Å². The first-order valence-corrected chi connectivity index (χ1v) is 7.41. The van der Waals surface area contributed by atoms with Crippen LogP contribution < -0.4 is 5.73 Å². The number of anilines is 1. The van der Waals surface area contributed by atoms with E-state index in [1.54, 1.807) is 0 Å². The molecule has 18 heavy (non-hydrogen) atoms. The Kier molecular flexibility index (Phi) is 2.27. The molecule has 0 aromatic carbocycles. The van der Waals surface area contributed by atoms with E-state index in [0.29, 0.717) is 10.4 Å². The Hall–Kier alpha value is -0.700. The molecular weight excluding hydrogens is 248 g/mol. The molecule has 1 aromatic heterocycles. The van der Waals surface area contributed by atoms with Gasteiger partial charge in [-0.3, -0.25) is 0 Å². The molecular formula is C14H19ClN2O. The van der Waals surface area contributed by atoms with Crippen molar-refractivity contribution in [2.45, 2.75) is 44.9 Å². The fourth-order valence-electron chi connectivity index (χ4n) is 5.30. The standard InChI is InChI=1S/C14H19ClN2O/c15-12-11(17-18-13(12)16)7-14-4-8-1-9(5-14)3-10(2-8)6-14/h8-10H,1-7,16H2. The van der Waals surface area contributed by atoms with Gasteiger partial charge in [-0.2, -0.15) is 0 Å². The van der Waals surface area contributed by atoms with Crippen LogP contribution in [0, 0.1) is 23.2 Å². The van der Waals surface area contributed by atoms with Crippen molar-refractivity contribution in [3.05, 3.63) is 10.7 Å². The summed E-state index contributed by atoms with van der Waals surface area (Å²) in [4.78, 5) is 0. The molecule has 1 aromatic rings. The molecule has 0 radical (unpaired) electrons. The Bertz CT molecular complexity index is 447. The number of hydrogen-bond donors (Lipinski definition) is 1. The smallest absolute Gasteiger partial charge is 0.241 e. The maximum absolute atomic E-state index is 6.17. The molecule has 0 unspecified atom stereocenters. The van der Waals surface area contributed by atoms with Gasteiger partial charge in [0.25, 0.3) is 0 Å². The lowest BCUT2D eigenvalue weighted by Crippen LogP contribution is -2.47. The molecule has 4 bridgehead atoms. The van der Waals surface area contributed by atoms with E-state index >= 15 is 0 Å². The van der Waals surface area contributed by atoms with E-state index in [1.807, 2.05) is 0 Å². The molecule has 4 aliphatic rings. The van der Waals surface area contributed by atoms with Crippen molar-refractivity contribution < 1.29 is 4.52 Å². The summed E-state index contributed by atoms with van der Waals surface area (Å²) >= 11 is 6.17. The molecule has 1 heterocycles. The van der Waals surface area contributed by atoms with Crippen molar-refractivity contribution in [3.63, 3.8) is 0 Å². The van der Waals surface area contributed by atoms with E-state index in [9.17, 15) is 0 Å². The van der Waals surface area contributed by atoms with Gasteiger partial charge in [0, 0.05) is 6.42 Å². The average Bonchev–Trinajstić information content (AvgIpc) is 2.58. The number of nitrogens with zero attached hydrogens (tertiary/aromatic N) is 1. The van der Waals surface area contributed by atoms with Crippen molar-refractivity contribution in [1.29, 1.82) is 0 Å². The van der Waals surface area contributed by atoms with Gasteiger partial charge in [-0.1, -0.05) is 16.8 Å². The zero-order valence-electron chi connectivity index (χ0n) is 10.5. The Morgan fingerprint density at radius 1 is 1.17 bits per heavy atom. The minimum Gasteiger partial charge on any atom is -0.366 e. The van der Waals surface area contributed by atoms with Crippen molar-refractivity contribution >= 4 is 17.5 Å². The van der Waals surface area contributed by atoms with Crippen LogP contribution in [-0.2, 0) is 6.42 Å². The average molecular weight is 267 g/mol. The molecule has 2 N–H and O–H groups in total. The summed E-state index contributed by atoms with van der Waals surface area (Å²) in [5, 5.41) is 4.61. The highest BCUT2D eigenvalue weighted by atomic mass is 35.5. The molecule has 0 spiro atoms. The van der Waals surface area contributed by atoms with Crippen LogP contribution in [0.15, 0.2) is 4.52 Å². The Labute approximate surface area is 112 Å². The third-order valence-electron chi connectivity index (χ3n) is 5.43. The zero-order chi connectivity index (χ0) is 12.3. The summed E-state index contributed by atoms with van der Waals surface area (Å²) in [6.45, 7) is 0. The van der Waals surface area contributed by atoms with E-state index in [2.05, 4.69) is 5.16 Å². The van der Waals surface area contributed by atoms with E-state index < -0.39 is 0 Å². The van der Waals surface area contributed by atoms with Crippen LogP contribution >= 0.6 is 11.6 Å². The van der Waals surface area contributed by atoms with Gasteiger partial charge in [0.15, 0.2) is 0 Å². The lowest BCUT2D eigenvalue weighted by Gasteiger charge is -2.56. The van der Waals surface area contributed by atoms with E-state index in [1.165, 1.54) is 38.5 Å². The number of nitrogens with two attached hydrogens (primary N) is 1. The van der Waals surface area contributed by atoms with Crippen molar-refractivity contribution in [3.8, 4) is 0 Å². The summed E-state index contributed by atoms with van der Waals surface area (Å²) in [5.41, 5.74) is 6.98. The lowest BCUT2D eigenvalue weighted by molar-refractivity contribution is -0.0529. The first-order valence-electron chi connectivity index (χ1n) is 7.03. The number of nitrogen functional groups attached to an aromatic ring is 1. The first kappa shape index (κ1) is 11.2. The molecule has 0 saturated heterocycles. The fourth-order valence-corrected chi connectivity index (χ4v) is 5.43. The second kappa shape index (κ2) is 3.66. The lowest BCUT2D eigenvalue weighted by atomic mass is 9.48. The van der Waals surface area contributed by atoms with Crippen LogP contribution in [-0.4, -0.2) is 5.16 Å². The first-order chi connectivity index (χ1) is 8.63. The van der Waals surface area contributed by atoms with Gasteiger partial charge in [0.1, 0.15) is 10.7 Å². The normalized spacial score (nSPS) is 41.5. The van der Waals surface area contributed by atoms with Gasteiger partial charge in [0.05, 0.1) is 0 Å². The number of hydrogen-bond acceptors (Lipinski definition) is 3. The highest BCUT2D eigenvalue weighted by Gasteiger charge is 2.51. The highest BCUT2D eigenvalue weighted by Crippen LogP contribution is 2.61. The van der Waals surface area contributed by atoms with E-state index in [-0.39, 0.29) is 5.88 Å². The zero-order valence-corrected chi connectivity index (χ0v) is 11.2. The second-order valence-corrected chi connectivity index (χ2v) is 7.28. The summed E-state index contributed by atoms with van der Waals surface area (Å²) < 4.78 is 5.01. The number of rotatable bonds is 2. The molecule has 4 heteroatoms. The van der Waals surface area contributed by atoms with Crippen LogP contribution in [0.25, 0.3) is 0 Å². The summed E-state index contributed by atoms with van der Waals surface area (Å²) in [7, 11) is 0. The van der Waals surface area contributed by atoms with E-state index in [0.717, 1.165) is 29.9 Å². The van der Waals surface area contributed by atoms with Crippen LogP contribution in [0.2, 0.25) is 5.02 Å². The van der Waals surface area contributed by atoms with Crippen LogP contribution in [0.3, 0.4) is 0 Å². The van der Waals surface area contributed by atoms with Crippen LogP contribution in [0.5, 0.6) is 0 Å². The second-order valence-electron chi connectivity index (χ2n) is 6.90. The van der Waals surface area contributed by atoms with Gasteiger partial charge in [-0.25, -0.2) is 0 Å². The molecule has 98 valence electrons. The monoisotopic (exact) mass is 266 g/mol. The number of aromatic nitrogens is 1. The van der Waals surface area contributed by atoms with Crippen LogP contribution in [0.4, 0.5) is 5.88 Å². The molecule has 4 saturated carbocycles. The molecule has 5 rings (SSSR count). The van der Waals surface area contributed by atoms with Crippen molar-refractivity contribution in [2.75, 3.05) is 5.73 Å². The maximum Gasteiger partial charge on any atom is 0.241 e. The summed E-state index contributed by atoms with van der Waals surface area (Å²) in [6, 6.07) is 0. The maximum atomic E-state index is 6.17. The molecule has 4 fully saturated rings. The summed E-state index contributed by atoms with van der Waals surface area (Å²) in [5.74, 6) is 3.15. The Morgan fingerprint density at radius 2 is 1.72 bits per heavy atom. The van der Waals surface area contributed by atoms with Crippen molar-refractivity contribution in [1.82, 2.24) is 5.16 Å². The molecule has 0 aliphatic heterocycles. The predicted octanol–water partition coefficient (Wildman–Crippen LogP) is 3.67. The highest BCUT2D eigenvalue weighted by molar-refractivity contribution is 6.33. The van der Waals surface area contributed by atoms with Gasteiger partial charge in [-0.05, 0) is 61.7 Å². The quantitative estimate of drug-likeness (QED) is 0.889. The molecule has 3 nitrogen and oxygen atoms in total. The molecule has 0 amide bonds. The Balaban J connectivity index is 1.62. The molecule has 0 atom stereocenters. The van der Waals surface area contributed by atoms with Gasteiger partial charge < -0.3 is 10.3 Å². The fraction of sp³-hybridized carbons (Fsp3) is 0.786. The predicted molar refractivity (Wildman–Crippen MR) is 70.2 cm³/mol. The minimum absolute atomic E-state index is 0.274. The van der Waals surface area contributed by atoms with Crippen LogP contribution in [0.1, 0.15) is 44.2 Å².